The fourth-order valence-electron chi connectivity index (χ4n) is 4.68. The summed E-state index contributed by atoms with van der Waals surface area (Å²) in [6, 6.07) is 7.90. The quantitative estimate of drug-likeness (QED) is 0.411. The normalized spacial score (nSPS) is 23.8. The van der Waals surface area contributed by atoms with Crippen LogP contribution >= 0.6 is 0 Å². The second-order valence-electron chi connectivity index (χ2n) is 9.00. The number of carbonyl (C=O) groups is 1. The molecule has 5 rings (SSSR count). The predicted molar refractivity (Wildman–Crippen MR) is 119 cm³/mol. The van der Waals surface area contributed by atoms with Crippen LogP contribution in [0.3, 0.4) is 0 Å². The number of aliphatic carboxylic acids is 1. The van der Waals surface area contributed by atoms with Crippen molar-refractivity contribution in [2.45, 2.75) is 51.1 Å². The van der Waals surface area contributed by atoms with Crippen molar-refractivity contribution in [3.8, 4) is 11.4 Å². The van der Waals surface area contributed by atoms with Gasteiger partial charge < -0.3 is 29.9 Å². The first-order valence-electron chi connectivity index (χ1n) is 11.1. The Morgan fingerprint density at radius 2 is 1.91 bits per heavy atom. The van der Waals surface area contributed by atoms with E-state index in [9.17, 15) is 20.1 Å². The number of nitrogens with one attached hydrogen (secondary N) is 1. The molecule has 0 radical (unpaired) electrons. The standard InChI is InChI=1S/C23H27N5O5/c1-13-2-4-17-20(25-13)27-19(26-17)14-3-5-18(24-12-14)28-8-6-15(7-9-28)33-16-10-23(11-16,21(29)30)22(31)32/h2-5,12,15-16,21,29-30H,6-11H2,1H3,(H,31,32)(H,25,26,27). The summed E-state index contributed by atoms with van der Waals surface area (Å²) < 4.78 is 6.03. The van der Waals surface area contributed by atoms with Crippen molar-refractivity contribution in [2.24, 2.45) is 5.41 Å². The Morgan fingerprint density at radius 3 is 2.55 bits per heavy atom. The summed E-state index contributed by atoms with van der Waals surface area (Å²) in [4.78, 5) is 30.5. The zero-order chi connectivity index (χ0) is 23.2. The molecule has 0 bridgehead atoms. The van der Waals surface area contributed by atoms with Gasteiger partial charge in [0.05, 0.1) is 17.7 Å². The molecular weight excluding hydrogens is 426 g/mol. The van der Waals surface area contributed by atoms with Crippen LogP contribution in [-0.4, -0.2) is 72.8 Å². The van der Waals surface area contributed by atoms with Crippen molar-refractivity contribution >= 4 is 23.0 Å². The van der Waals surface area contributed by atoms with Crippen molar-refractivity contribution in [1.29, 1.82) is 0 Å². The summed E-state index contributed by atoms with van der Waals surface area (Å²) in [6.07, 6.45) is 1.57. The third-order valence-electron chi connectivity index (χ3n) is 6.76. The highest BCUT2D eigenvalue weighted by Crippen LogP contribution is 2.46. The summed E-state index contributed by atoms with van der Waals surface area (Å²) >= 11 is 0. The first-order chi connectivity index (χ1) is 15.8. The smallest absolute Gasteiger partial charge is 0.315 e. The highest BCUT2D eigenvalue weighted by Gasteiger charge is 2.56. The van der Waals surface area contributed by atoms with Gasteiger partial charge in [-0.05, 0) is 56.9 Å². The van der Waals surface area contributed by atoms with Crippen LogP contribution in [0.15, 0.2) is 30.5 Å². The predicted octanol–water partition coefficient (Wildman–Crippen LogP) is 1.86. The number of pyridine rings is 2. The number of anilines is 1. The van der Waals surface area contributed by atoms with E-state index in [0.717, 1.165) is 54.3 Å². The molecule has 2 fully saturated rings. The van der Waals surface area contributed by atoms with Crippen LogP contribution in [0.25, 0.3) is 22.6 Å². The maximum atomic E-state index is 11.4. The lowest BCUT2D eigenvalue weighted by atomic mass is 9.66. The van der Waals surface area contributed by atoms with E-state index in [1.807, 2.05) is 37.4 Å². The zero-order valence-electron chi connectivity index (χ0n) is 18.3. The van der Waals surface area contributed by atoms with Crippen molar-refractivity contribution in [1.82, 2.24) is 19.9 Å². The van der Waals surface area contributed by atoms with Gasteiger partial charge in [0.1, 0.15) is 17.1 Å². The van der Waals surface area contributed by atoms with Crippen LogP contribution in [0.4, 0.5) is 5.82 Å². The molecule has 0 atom stereocenters. The molecule has 1 saturated carbocycles. The average molecular weight is 453 g/mol. The molecule has 4 heterocycles. The van der Waals surface area contributed by atoms with Gasteiger partial charge in [-0.25, -0.2) is 15.0 Å². The minimum atomic E-state index is -1.87. The summed E-state index contributed by atoms with van der Waals surface area (Å²) in [7, 11) is 0. The Kier molecular flexibility index (Phi) is 5.51. The highest BCUT2D eigenvalue weighted by molar-refractivity contribution is 5.77. The first kappa shape index (κ1) is 21.7. The van der Waals surface area contributed by atoms with Gasteiger partial charge in [-0.2, -0.15) is 0 Å². The highest BCUT2D eigenvalue weighted by atomic mass is 16.5. The monoisotopic (exact) mass is 453 g/mol. The lowest BCUT2D eigenvalue weighted by molar-refractivity contribution is -0.229. The number of aromatic amines is 1. The molecule has 0 spiro atoms. The summed E-state index contributed by atoms with van der Waals surface area (Å²) in [5.74, 6) is 0.440. The van der Waals surface area contributed by atoms with Gasteiger partial charge in [-0.3, -0.25) is 4.79 Å². The fraction of sp³-hybridized carbons (Fsp3) is 0.478. The van der Waals surface area contributed by atoms with Crippen molar-refractivity contribution in [3.63, 3.8) is 0 Å². The molecule has 10 nitrogen and oxygen atoms in total. The van der Waals surface area contributed by atoms with E-state index in [1.54, 1.807) is 0 Å². The molecular formula is C23H27N5O5. The van der Waals surface area contributed by atoms with Crippen LogP contribution in [0, 0.1) is 12.3 Å². The summed E-state index contributed by atoms with van der Waals surface area (Å²) in [6.45, 7) is 3.50. The summed E-state index contributed by atoms with van der Waals surface area (Å²) in [5.41, 5.74) is 1.90. The van der Waals surface area contributed by atoms with Gasteiger partial charge in [0.25, 0.3) is 0 Å². The van der Waals surface area contributed by atoms with Crippen LogP contribution < -0.4 is 4.90 Å². The molecule has 1 aliphatic carbocycles. The number of aliphatic hydroxyl groups is 2. The van der Waals surface area contributed by atoms with Gasteiger partial charge >= 0.3 is 5.97 Å². The van der Waals surface area contributed by atoms with Gasteiger partial charge in [-0.15, -0.1) is 0 Å². The number of nitrogens with zero attached hydrogens (tertiary/aromatic N) is 4. The average Bonchev–Trinajstić information content (AvgIpc) is 3.19. The Morgan fingerprint density at radius 1 is 1.15 bits per heavy atom. The van der Waals surface area contributed by atoms with E-state index >= 15 is 0 Å². The number of carboxylic acids is 1. The third-order valence-corrected chi connectivity index (χ3v) is 6.76. The van der Waals surface area contributed by atoms with E-state index < -0.39 is 17.7 Å². The molecule has 0 unspecified atom stereocenters. The Bertz CT molecular complexity index is 1150. The first-order valence-corrected chi connectivity index (χ1v) is 11.1. The van der Waals surface area contributed by atoms with E-state index in [0.29, 0.717) is 5.65 Å². The van der Waals surface area contributed by atoms with Gasteiger partial charge in [0.15, 0.2) is 11.9 Å². The topological polar surface area (TPSA) is 145 Å². The molecule has 0 aromatic carbocycles. The van der Waals surface area contributed by atoms with Crippen molar-refractivity contribution in [2.75, 3.05) is 18.0 Å². The van der Waals surface area contributed by atoms with Crippen LogP contribution in [0.1, 0.15) is 31.4 Å². The molecule has 1 saturated heterocycles. The number of ether oxygens (including phenoxy) is 1. The number of hydrogen-bond acceptors (Lipinski definition) is 8. The second kappa shape index (κ2) is 8.36. The van der Waals surface area contributed by atoms with Crippen LogP contribution in [0.2, 0.25) is 0 Å². The number of rotatable bonds is 6. The van der Waals surface area contributed by atoms with Gasteiger partial charge in [0.2, 0.25) is 0 Å². The molecule has 3 aromatic rings. The molecule has 33 heavy (non-hydrogen) atoms. The number of piperidine rings is 1. The Balaban J connectivity index is 1.16. The molecule has 10 heteroatoms. The molecule has 4 N–H and O–H groups in total. The molecule has 0 amide bonds. The van der Waals surface area contributed by atoms with E-state index in [-0.39, 0.29) is 25.0 Å². The maximum absolute atomic E-state index is 11.4. The Hall–Kier alpha value is -3.08. The Labute approximate surface area is 190 Å². The number of imidazole rings is 1. The van der Waals surface area contributed by atoms with Gasteiger partial charge in [0, 0.05) is 30.5 Å². The molecule has 3 aromatic heterocycles. The largest absolute Gasteiger partial charge is 0.481 e. The number of hydrogen-bond donors (Lipinski definition) is 4. The van der Waals surface area contributed by atoms with Crippen LogP contribution in [-0.2, 0) is 9.53 Å². The number of aliphatic hydroxyl groups excluding tert-OH is 1. The number of aromatic nitrogens is 4. The van der Waals surface area contributed by atoms with E-state index in [2.05, 4.69) is 24.8 Å². The SMILES string of the molecule is Cc1ccc2[nH]c(-c3ccc(N4CCC(OC5CC(C(=O)O)(C(O)O)C5)CC4)nc3)nc2n1. The number of aryl methyl sites for hydroxylation is 1. The van der Waals surface area contributed by atoms with Crippen molar-refractivity contribution in [3.05, 3.63) is 36.2 Å². The lowest BCUT2D eigenvalue weighted by Crippen LogP contribution is -2.56. The second-order valence-corrected chi connectivity index (χ2v) is 9.00. The lowest BCUT2D eigenvalue weighted by Gasteiger charge is -2.46. The number of H-pyrrole nitrogens is 1. The maximum Gasteiger partial charge on any atom is 0.315 e. The number of fused-ring (bicyclic) bond motifs is 1. The number of carboxylic acid groups (broad SMARTS) is 1. The molecule has 174 valence electrons. The third kappa shape index (κ3) is 4.05. The fourth-order valence-corrected chi connectivity index (χ4v) is 4.68. The zero-order valence-corrected chi connectivity index (χ0v) is 18.3. The summed E-state index contributed by atoms with van der Waals surface area (Å²) in [5, 5.41) is 28.1. The van der Waals surface area contributed by atoms with E-state index in [4.69, 9.17) is 4.74 Å². The van der Waals surface area contributed by atoms with Crippen LogP contribution in [0.5, 0.6) is 0 Å². The van der Waals surface area contributed by atoms with Crippen molar-refractivity contribution < 1.29 is 24.9 Å². The minimum Gasteiger partial charge on any atom is -0.481 e. The van der Waals surface area contributed by atoms with Gasteiger partial charge in [-0.1, -0.05) is 0 Å². The molecule has 2 aliphatic rings. The molecule has 1 aliphatic heterocycles. The van der Waals surface area contributed by atoms with E-state index in [1.165, 1.54) is 0 Å². The minimum absolute atomic E-state index is 0.0275.